The maximum absolute atomic E-state index is 14.5. The zero-order valence-corrected chi connectivity index (χ0v) is 14.8. The van der Waals surface area contributed by atoms with E-state index in [0.717, 1.165) is 63.9 Å². The molecule has 1 amide bonds. The second kappa shape index (κ2) is 7.53. The van der Waals surface area contributed by atoms with Crippen LogP contribution in [0, 0.1) is 5.82 Å². The smallest absolute Gasteiger partial charge is 0.241 e. The summed E-state index contributed by atoms with van der Waals surface area (Å²) < 4.78 is 16.5. The number of benzene rings is 1. The van der Waals surface area contributed by atoms with Crippen LogP contribution in [0.5, 0.6) is 0 Å². The molecular weight excluding hydrogens is 333 g/mol. The SMILES string of the molecule is O=C(Nc1ccc(F)c(-c2nnc3n2CCCCC3)c1)[C@H]1CCCCN1. The number of carbonyl (C=O) groups excluding carboxylic acids is 1. The van der Waals surface area contributed by atoms with E-state index in [4.69, 9.17) is 0 Å². The molecule has 2 aliphatic heterocycles. The lowest BCUT2D eigenvalue weighted by Crippen LogP contribution is -2.43. The van der Waals surface area contributed by atoms with Crippen LogP contribution >= 0.6 is 0 Å². The number of carbonyl (C=O) groups is 1. The predicted molar refractivity (Wildman–Crippen MR) is 97.2 cm³/mol. The standard InChI is InChI=1S/C19H24FN5O/c20-15-9-8-13(22-19(26)16-6-3-4-10-21-16)12-14(15)18-24-23-17-7-2-1-5-11-25(17)18/h8-9,12,16,21H,1-7,10-11H2,(H,22,26)/t16-/m1/s1. The maximum atomic E-state index is 14.5. The van der Waals surface area contributed by atoms with Gasteiger partial charge >= 0.3 is 0 Å². The van der Waals surface area contributed by atoms with Crippen LogP contribution in [-0.2, 0) is 17.8 Å². The first kappa shape index (κ1) is 17.1. The maximum Gasteiger partial charge on any atom is 0.241 e. The molecule has 1 aromatic heterocycles. The molecule has 0 bridgehead atoms. The van der Waals surface area contributed by atoms with Crippen molar-refractivity contribution in [3.63, 3.8) is 0 Å². The molecule has 1 atom stereocenters. The number of hydrogen-bond acceptors (Lipinski definition) is 4. The van der Waals surface area contributed by atoms with E-state index in [1.807, 2.05) is 4.57 Å². The van der Waals surface area contributed by atoms with Crippen molar-refractivity contribution in [3.8, 4) is 11.4 Å². The van der Waals surface area contributed by atoms with Crippen molar-refractivity contribution in [1.29, 1.82) is 0 Å². The molecule has 4 rings (SSSR count). The van der Waals surface area contributed by atoms with Gasteiger partial charge in [-0.15, -0.1) is 10.2 Å². The molecule has 0 unspecified atom stereocenters. The number of nitrogens with zero attached hydrogens (tertiary/aromatic N) is 3. The fourth-order valence-corrected chi connectivity index (χ4v) is 3.76. The lowest BCUT2D eigenvalue weighted by molar-refractivity contribution is -0.118. The number of fused-ring (bicyclic) bond motifs is 1. The van der Waals surface area contributed by atoms with Gasteiger partial charge in [0.15, 0.2) is 5.82 Å². The van der Waals surface area contributed by atoms with Crippen LogP contribution < -0.4 is 10.6 Å². The summed E-state index contributed by atoms with van der Waals surface area (Å²) in [5.74, 6) is 1.05. The van der Waals surface area contributed by atoms with Crippen LogP contribution in [0.3, 0.4) is 0 Å². The molecule has 0 saturated carbocycles. The van der Waals surface area contributed by atoms with Gasteiger partial charge in [0.25, 0.3) is 0 Å². The zero-order valence-electron chi connectivity index (χ0n) is 14.8. The molecule has 1 aromatic carbocycles. The Labute approximate surface area is 152 Å². The van der Waals surface area contributed by atoms with E-state index in [2.05, 4.69) is 20.8 Å². The Bertz CT molecular complexity index is 797. The molecule has 0 aliphatic carbocycles. The predicted octanol–water partition coefficient (Wildman–Crippen LogP) is 2.89. The van der Waals surface area contributed by atoms with Gasteiger partial charge in [0.2, 0.25) is 5.91 Å². The molecule has 138 valence electrons. The highest BCUT2D eigenvalue weighted by atomic mass is 19.1. The first-order chi connectivity index (χ1) is 12.7. The lowest BCUT2D eigenvalue weighted by atomic mass is 10.0. The van der Waals surface area contributed by atoms with E-state index >= 15 is 0 Å². The summed E-state index contributed by atoms with van der Waals surface area (Å²) in [4.78, 5) is 12.4. The topological polar surface area (TPSA) is 71.8 Å². The van der Waals surface area contributed by atoms with Gasteiger partial charge < -0.3 is 15.2 Å². The Kier molecular flexibility index (Phi) is 4.97. The Hall–Kier alpha value is -2.28. The number of piperidine rings is 1. The molecule has 1 fully saturated rings. The quantitative estimate of drug-likeness (QED) is 0.886. The Morgan fingerprint density at radius 1 is 1.19 bits per heavy atom. The molecule has 2 aliphatic rings. The van der Waals surface area contributed by atoms with Crippen LogP contribution in [0.25, 0.3) is 11.4 Å². The molecule has 7 heteroatoms. The van der Waals surface area contributed by atoms with Gasteiger partial charge in [-0.3, -0.25) is 4.79 Å². The average Bonchev–Trinajstić information content (AvgIpc) is 2.92. The van der Waals surface area contributed by atoms with E-state index in [1.54, 1.807) is 12.1 Å². The lowest BCUT2D eigenvalue weighted by Gasteiger charge is -2.22. The number of anilines is 1. The number of hydrogen-bond donors (Lipinski definition) is 2. The Balaban J connectivity index is 1.59. The number of aryl methyl sites for hydroxylation is 1. The summed E-state index contributed by atoms with van der Waals surface area (Å²) in [6.07, 6.45) is 7.13. The van der Waals surface area contributed by atoms with Crippen molar-refractivity contribution < 1.29 is 9.18 Å². The summed E-state index contributed by atoms with van der Waals surface area (Å²) >= 11 is 0. The summed E-state index contributed by atoms with van der Waals surface area (Å²) in [6.45, 7) is 1.67. The third kappa shape index (κ3) is 3.49. The second-order valence-electron chi connectivity index (χ2n) is 7.09. The van der Waals surface area contributed by atoms with Gasteiger partial charge in [-0.25, -0.2) is 4.39 Å². The number of nitrogens with one attached hydrogen (secondary N) is 2. The molecule has 1 saturated heterocycles. The fraction of sp³-hybridized carbons (Fsp3) is 0.526. The minimum absolute atomic E-state index is 0.0673. The number of halogens is 1. The summed E-state index contributed by atoms with van der Waals surface area (Å²) in [5.41, 5.74) is 0.977. The van der Waals surface area contributed by atoms with Gasteiger partial charge in [-0.2, -0.15) is 0 Å². The Morgan fingerprint density at radius 2 is 2.12 bits per heavy atom. The van der Waals surface area contributed by atoms with Crippen molar-refractivity contribution in [2.45, 2.75) is 57.5 Å². The fourth-order valence-electron chi connectivity index (χ4n) is 3.76. The normalized spacial score (nSPS) is 20.3. The average molecular weight is 357 g/mol. The van der Waals surface area contributed by atoms with Crippen molar-refractivity contribution in [2.24, 2.45) is 0 Å². The second-order valence-corrected chi connectivity index (χ2v) is 7.09. The first-order valence-electron chi connectivity index (χ1n) is 9.48. The largest absolute Gasteiger partial charge is 0.325 e. The van der Waals surface area contributed by atoms with E-state index in [0.29, 0.717) is 17.1 Å². The summed E-state index contributed by atoms with van der Waals surface area (Å²) in [5, 5.41) is 14.6. The summed E-state index contributed by atoms with van der Waals surface area (Å²) in [7, 11) is 0. The van der Waals surface area contributed by atoms with Crippen LogP contribution in [0.2, 0.25) is 0 Å². The van der Waals surface area contributed by atoms with Crippen molar-refractivity contribution >= 4 is 11.6 Å². The highest BCUT2D eigenvalue weighted by molar-refractivity contribution is 5.95. The third-order valence-corrected chi connectivity index (χ3v) is 5.21. The van der Waals surface area contributed by atoms with Crippen LogP contribution in [0.1, 0.15) is 44.3 Å². The molecule has 0 radical (unpaired) electrons. The van der Waals surface area contributed by atoms with Crippen molar-refractivity contribution in [1.82, 2.24) is 20.1 Å². The van der Waals surface area contributed by atoms with Crippen molar-refractivity contribution in [3.05, 3.63) is 29.8 Å². The van der Waals surface area contributed by atoms with Crippen LogP contribution in [-0.4, -0.2) is 33.3 Å². The summed E-state index contributed by atoms with van der Waals surface area (Å²) in [6, 6.07) is 4.47. The molecule has 26 heavy (non-hydrogen) atoms. The minimum Gasteiger partial charge on any atom is -0.325 e. The highest BCUT2D eigenvalue weighted by Gasteiger charge is 2.22. The third-order valence-electron chi connectivity index (χ3n) is 5.21. The van der Waals surface area contributed by atoms with E-state index in [9.17, 15) is 9.18 Å². The van der Waals surface area contributed by atoms with Crippen LogP contribution in [0.15, 0.2) is 18.2 Å². The Morgan fingerprint density at radius 3 is 2.96 bits per heavy atom. The van der Waals surface area contributed by atoms with Crippen molar-refractivity contribution in [2.75, 3.05) is 11.9 Å². The van der Waals surface area contributed by atoms with E-state index in [-0.39, 0.29) is 17.8 Å². The van der Waals surface area contributed by atoms with E-state index < -0.39 is 0 Å². The van der Waals surface area contributed by atoms with Crippen LogP contribution in [0.4, 0.5) is 10.1 Å². The highest BCUT2D eigenvalue weighted by Crippen LogP contribution is 2.27. The van der Waals surface area contributed by atoms with Gasteiger partial charge in [-0.05, 0) is 50.4 Å². The van der Waals surface area contributed by atoms with Gasteiger partial charge in [0, 0.05) is 18.7 Å². The monoisotopic (exact) mass is 357 g/mol. The molecule has 0 spiro atoms. The number of amides is 1. The number of aromatic nitrogens is 3. The molecule has 6 nitrogen and oxygen atoms in total. The van der Waals surface area contributed by atoms with Gasteiger partial charge in [-0.1, -0.05) is 12.8 Å². The number of rotatable bonds is 3. The van der Waals surface area contributed by atoms with Gasteiger partial charge in [0.1, 0.15) is 11.6 Å². The molecule has 2 N–H and O–H groups in total. The first-order valence-corrected chi connectivity index (χ1v) is 9.48. The zero-order chi connectivity index (χ0) is 17.9. The molecule has 2 aromatic rings. The molecule has 3 heterocycles. The van der Waals surface area contributed by atoms with E-state index in [1.165, 1.54) is 6.07 Å². The minimum atomic E-state index is -0.349. The van der Waals surface area contributed by atoms with Gasteiger partial charge in [0.05, 0.1) is 11.6 Å². The molecular formula is C19H24FN5O.